The van der Waals surface area contributed by atoms with Crippen LogP contribution >= 0.6 is 11.6 Å². The third kappa shape index (κ3) is 7.97. The fraction of sp³-hybridized carbons (Fsp3) is 0.300. The maximum atomic E-state index is 13.9. The highest BCUT2D eigenvalue weighted by atomic mass is 35.5. The molecule has 0 spiro atoms. The van der Waals surface area contributed by atoms with Gasteiger partial charge in [-0.25, -0.2) is 4.79 Å². The molecule has 0 saturated heterocycles. The van der Waals surface area contributed by atoms with E-state index in [2.05, 4.69) is 10.6 Å². The number of amides is 3. The van der Waals surface area contributed by atoms with Gasteiger partial charge in [-0.2, -0.15) is 0 Å². The summed E-state index contributed by atoms with van der Waals surface area (Å²) < 4.78 is 5.40. The average Bonchev–Trinajstić information content (AvgIpc) is 2.86. The number of nitrogens with one attached hydrogen (secondary N) is 2. The lowest BCUT2D eigenvalue weighted by Gasteiger charge is -2.32. The molecule has 39 heavy (non-hydrogen) atoms. The SMILES string of the molecule is Cc1cccc(Cl)c1NC(=O)C(c1ccccc1O)N(C)C(=O)C(Cc1ccccc1)NC(=O)OC(C)(C)C. The zero-order chi connectivity index (χ0) is 28.7. The predicted molar refractivity (Wildman–Crippen MR) is 152 cm³/mol. The molecule has 0 saturated carbocycles. The third-order valence-corrected chi connectivity index (χ3v) is 6.27. The van der Waals surface area contributed by atoms with Crippen molar-refractivity contribution in [1.29, 1.82) is 0 Å². The van der Waals surface area contributed by atoms with E-state index >= 15 is 0 Å². The summed E-state index contributed by atoms with van der Waals surface area (Å²) in [6.07, 6.45) is -0.609. The van der Waals surface area contributed by atoms with E-state index in [0.717, 1.165) is 11.1 Å². The molecule has 3 aromatic carbocycles. The van der Waals surface area contributed by atoms with Gasteiger partial charge in [-0.1, -0.05) is 72.3 Å². The first-order valence-electron chi connectivity index (χ1n) is 12.5. The first-order valence-corrected chi connectivity index (χ1v) is 12.9. The molecule has 2 atom stereocenters. The third-order valence-electron chi connectivity index (χ3n) is 5.96. The molecule has 0 aliphatic rings. The Kier molecular flexibility index (Phi) is 9.59. The molecule has 0 heterocycles. The second kappa shape index (κ2) is 12.7. The molecular weight excluding hydrogens is 518 g/mol. The van der Waals surface area contributed by atoms with Gasteiger partial charge in [0.15, 0.2) is 0 Å². The number of nitrogens with zero attached hydrogens (tertiary/aromatic N) is 1. The fourth-order valence-electron chi connectivity index (χ4n) is 4.10. The maximum absolute atomic E-state index is 13.9. The quantitative estimate of drug-likeness (QED) is 0.336. The van der Waals surface area contributed by atoms with E-state index in [4.69, 9.17) is 16.3 Å². The lowest BCUT2D eigenvalue weighted by atomic mass is 10.00. The molecule has 2 unspecified atom stereocenters. The number of phenolic OH excluding ortho intramolecular Hbond substituents is 1. The molecule has 9 heteroatoms. The number of aromatic hydroxyl groups is 1. The van der Waals surface area contributed by atoms with Crippen molar-refractivity contribution in [2.24, 2.45) is 0 Å². The summed E-state index contributed by atoms with van der Waals surface area (Å²) in [6.45, 7) is 6.97. The van der Waals surface area contributed by atoms with Crippen LogP contribution < -0.4 is 10.6 Å². The number of likely N-dealkylation sites (N-methyl/N-ethyl adjacent to an activating group) is 1. The lowest BCUT2D eigenvalue weighted by Crippen LogP contribution is -2.52. The molecule has 3 N–H and O–H groups in total. The highest BCUT2D eigenvalue weighted by Gasteiger charge is 2.35. The molecule has 0 aliphatic heterocycles. The van der Waals surface area contributed by atoms with Crippen LogP contribution in [-0.4, -0.2) is 46.6 Å². The van der Waals surface area contributed by atoms with Crippen molar-refractivity contribution in [3.63, 3.8) is 0 Å². The number of phenols is 1. The number of hydrogen-bond acceptors (Lipinski definition) is 5. The standard InChI is InChI=1S/C30H34ClN3O5/c1-19-12-11-16-22(31)25(19)33-27(36)26(21-15-9-10-17-24(21)35)34(5)28(37)23(18-20-13-7-6-8-14-20)32-29(38)39-30(2,3)4/h6-17,23,26,35H,18H2,1-5H3,(H,32,38)(H,33,36). The number of hydrogen-bond donors (Lipinski definition) is 3. The Bertz CT molecular complexity index is 1300. The smallest absolute Gasteiger partial charge is 0.408 e. The van der Waals surface area contributed by atoms with Crippen LogP contribution in [0.3, 0.4) is 0 Å². The van der Waals surface area contributed by atoms with Crippen LogP contribution in [0.25, 0.3) is 0 Å². The highest BCUT2D eigenvalue weighted by Crippen LogP contribution is 2.32. The van der Waals surface area contributed by atoms with E-state index in [1.165, 1.54) is 18.0 Å². The van der Waals surface area contributed by atoms with E-state index in [-0.39, 0.29) is 17.7 Å². The van der Waals surface area contributed by atoms with Gasteiger partial charge in [0, 0.05) is 19.0 Å². The molecule has 3 amide bonds. The van der Waals surface area contributed by atoms with Gasteiger partial charge < -0.3 is 25.4 Å². The van der Waals surface area contributed by atoms with Crippen LogP contribution in [0.2, 0.25) is 5.02 Å². The first-order chi connectivity index (χ1) is 18.4. The van der Waals surface area contributed by atoms with Crippen molar-refractivity contribution in [2.75, 3.05) is 12.4 Å². The second-order valence-electron chi connectivity index (χ2n) is 10.2. The number of carbonyl (C=O) groups excluding carboxylic acids is 3. The van der Waals surface area contributed by atoms with Gasteiger partial charge in [0.25, 0.3) is 5.91 Å². The van der Waals surface area contributed by atoms with E-state index in [0.29, 0.717) is 10.7 Å². The Balaban J connectivity index is 1.98. The van der Waals surface area contributed by atoms with Gasteiger partial charge in [0.2, 0.25) is 5.91 Å². The van der Waals surface area contributed by atoms with E-state index in [1.807, 2.05) is 30.3 Å². The molecule has 0 radical (unpaired) electrons. The minimum Gasteiger partial charge on any atom is -0.508 e. The lowest BCUT2D eigenvalue weighted by molar-refractivity contribution is -0.139. The Morgan fingerprint density at radius 2 is 1.62 bits per heavy atom. The van der Waals surface area contributed by atoms with E-state index in [1.54, 1.807) is 64.1 Å². The number of anilines is 1. The van der Waals surface area contributed by atoms with Gasteiger partial charge >= 0.3 is 6.09 Å². The van der Waals surface area contributed by atoms with Crippen LogP contribution in [-0.2, 0) is 20.7 Å². The molecule has 0 aliphatic carbocycles. The van der Waals surface area contributed by atoms with Gasteiger partial charge in [-0.3, -0.25) is 9.59 Å². The second-order valence-corrected chi connectivity index (χ2v) is 10.6. The first kappa shape index (κ1) is 29.5. The number of rotatable bonds is 8. The summed E-state index contributed by atoms with van der Waals surface area (Å²) >= 11 is 6.34. The topological polar surface area (TPSA) is 108 Å². The van der Waals surface area contributed by atoms with Crippen LogP contribution in [0.4, 0.5) is 10.5 Å². The number of halogens is 1. The van der Waals surface area contributed by atoms with Crippen LogP contribution in [0, 0.1) is 6.92 Å². The van der Waals surface area contributed by atoms with Crippen molar-refractivity contribution in [1.82, 2.24) is 10.2 Å². The number of alkyl carbamates (subject to hydrolysis) is 1. The number of carbonyl (C=O) groups is 3. The Morgan fingerprint density at radius 1 is 0.974 bits per heavy atom. The number of aryl methyl sites for hydroxylation is 1. The highest BCUT2D eigenvalue weighted by molar-refractivity contribution is 6.34. The molecule has 3 rings (SSSR count). The normalized spacial score (nSPS) is 12.7. The molecule has 0 fully saturated rings. The Morgan fingerprint density at radius 3 is 2.23 bits per heavy atom. The largest absolute Gasteiger partial charge is 0.508 e. The van der Waals surface area contributed by atoms with Gasteiger partial charge in [-0.15, -0.1) is 0 Å². The number of ether oxygens (including phenoxy) is 1. The number of para-hydroxylation sites is 2. The summed E-state index contributed by atoms with van der Waals surface area (Å²) in [5.41, 5.74) is 1.37. The minimum atomic E-state index is -1.24. The van der Waals surface area contributed by atoms with Crippen LogP contribution in [0.1, 0.15) is 43.5 Å². The van der Waals surface area contributed by atoms with Gasteiger partial charge in [0.05, 0.1) is 10.7 Å². The average molecular weight is 552 g/mol. The molecule has 0 bridgehead atoms. The molecule has 3 aromatic rings. The van der Waals surface area contributed by atoms with E-state index < -0.39 is 35.6 Å². The summed E-state index contributed by atoms with van der Waals surface area (Å²) in [7, 11) is 1.45. The molecule has 206 valence electrons. The van der Waals surface area contributed by atoms with Crippen molar-refractivity contribution < 1.29 is 24.2 Å². The van der Waals surface area contributed by atoms with E-state index in [9.17, 15) is 19.5 Å². The fourth-order valence-corrected chi connectivity index (χ4v) is 4.37. The monoisotopic (exact) mass is 551 g/mol. The Hall–Kier alpha value is -4.04. The van der Waals surface area contributed by atoms with Crippen molar-refractivity contribution in [3.05, 3.63) is 94.5 Å². The Labute approximate surface area is 233 Å². The van der Waals surface area contributed by atoms with Crippen LogP contribution in [0.5, 0.6) is 5.75 Å². The zero-order valence-corrected chi connectivity index (χ0v) is 23.5. The van der Waals surface area contributed by atoms with Crippen molar-refractivity contribution in [3.8, 4) is 5.75 Å². The summed E-state index contributed by atoms with van der Waals surface area (Å²) in [4.78, 5) is 41.6. The van der Waals surface area contributed by atoms with Gasteiger partial charge in [0.1, 0.15) is 23.4 Å². The minimum absolute atomic E-state index is 0.155. The van der Waals surface area contributed by atoms with Crippen molar-refractivity contribution >= 4 is 35.2 Å². The van der Waals surface area contributed by atoms with Crippen molar-refractivity contribution in [2.45, 2.75) is 51.8 Å². The molecular formula is C30H34ClN3O5. The zero-order valence-electron chi connectivity index (χ0n) is 22.7. The summed E-state index contributed by atoms with van der Waals surface area (Å²) in [5, 5.41) is 16.5. The summed E-state index contributed by atoms with van der Waals surface area (Å²) in [6, 6.07) is 18.4. The maximum Gasteiger partial charge on any atom is 0.408 e. The number of benzene rings is 3. The molecule has 0 aromatic heterocycles. The summed E-state index contributed by atoms with van der Waals surface area (Å²) in [5.74, 6) is -1.30. The van der Waals surface area contributed by atoms with Crippen LogP contribution in [0.15, 0.2) is 72.8 Å². The molecule has 8 nitrogen and oxygen atoms in total. The van der Waals surface area contributed by atoms with Gasteiger partial charge in [-0.05, 0) is 51.0 Å². The predicted octanol–water partition coefficient (Wildman–Crippen LogP) is 5.63.